The van der Waals surface area contributed by atoms with Gasteiger partial charge < -0.3 is 20.1 Å². The lowest BCUT2D eigenvalue weighted by molar-refractivity contribution is -0.174. The fourth-order valence-corrected chi connectivity index (χ4v) is 4.10. The van der Waals surface area contributed by atoms with Crippen LogP contribution < -0.4 is 10.6 Å². The number of amides is 3. The molecule has 1 aliphatic heterocycles. The second-order valence-electron chi connectivity index (χ2n) is 9.00. The number of hydrogen-bond donors (Lipinski definition) is 2. The lowest BCUT2D eigenvalue weighted by Crippen LogP contribution is -2.52. The molecular weight excluding hydrogens is 481 g/mol. The van der Waals surface area contributed by atoms with Crippen molar-refractivity contribution in [2.75, 3.05) is 13.1 Å². The molecule has 1 unspecified atom stereocenters. The van der Waals surface area contributed by atoms with Crippen molar-refractivity contribution >= 4 is 28.7 Å². The highest BCUT2D eigenvalue weighted by molar-refractivity contribution is 5.93. The molecule has 1 saturated heterocycles. The summed E-state index contributed by atoms with van der Waals surface area (Å²) in [6, 6.07) is -0.335. The molecule has 13 heteroatoms. The molecule has 3 atom stereocenters. The minimum atomic E-state index is -5.15. The molecule has 0 spiro atoms. The van der Waals surface area contributed by atoms with Gasteiger partial charge in [0.15, 0.2) is 11.3 Å². The predicted octanol–water partition coefficient (Wildman–Crippen LogP) is 1.83. The van der Waals surface area contributed by atoms with Gasteiger partial charge in [-0.3, -0.25) is 19.4 Å². The molecule has 3 rings (SSSR count). The zero-order valence-corrected chi connectivity index (χ0v) is 19.9. The van der Waals surface area contributed by atoms with E-state index in [1.54, 1.807) is 27.7 Å². The van der Waals surface area contributed by atoms with Crippen molar-refractivity contribution in [2.24, 2.45) is 11.3 Å². The van der Waals surface area contributed by atoms with Gasteiger partial charge in [-0.15, -0.1) is 0 Å². The Labute approximate surface area is 204 Å². The van der Waals surface area contributed by atoms with Crippen molar-refractivity contribution in [3.8, 4) is 17.9 Å². The summed E-state index contributed by atoms with van der Waals surface area (Å²) < 4.78 is 42.8. The van der Waals surface area contributed by atoms with Gasteiger partial charge in [-0.05, 0) is 24.2 Å². The number of nitrogens with one attached hydrogen (secondary N) is 2. The summed E-state index contributed by atoms with van der Waals surface area (Å²) in [6.45, 7) is 6.05. The average Bonchev–Trinajstić information content (AvgIpc) is 3.33. The Hall–Kier alpha value is -4.13. The van der Waals surface area contributed by atoms with Crippen molar-refractivity contribution in [1.82, 2.24) is 25.7 Å². The van der Waals surface area contributed by atoms with E-state index in [2.05, 4.69) is 27.3 Å². The van der Waals surface area contributed by atoms with Gasteiger partial charge in [-0.25, -0.2) is 0 Å². The maximum atomic E-state index is 13.4. The summed E-state index contributed by atoms with van der Waals surface area (Å²) in [5, 5.41) is 18.2. The van der Waals surface area contributed by atoms with Crippen LogP contribution in [0.4, 0.5) is 13.2 Å². The van der Waals surface area contributed by atoms with Gasteiger partial charge in [0.1, 0.15) is 12.1 Å². The number of rotatable bonds is 5. The third kappa shape index (κ3) is 5.10. The molecule has 2 N–H and O–H groups in total. The van der Waals surface area contributed by atoms with Crippen LogP contribution >= 0.6 is 0 Å². The highest BCUT2D eigenvalue weighted by atomic mass is 19.4. The van der Waals surface area contributed by atoms with E-state index in [0.29, 0.717) is 5.39 Å². The van der Waals surface area contributed by atoms with Gasteiger partial charge in [0.2, 0.25) is 11.8 Å². The molecule has 2 aromatic rings. The molecule has 1 fully saturated rings. The quantitative estimate of drug-likeness (QED) is 0.592. The van der Waals surface area contributed by atoms with E-state index in [4.69, 9.17) is 4.52 Å². The summed E-state index contributed by atoms with van der Waals surface area (Å²) in [6.07, 6.45) is -2.39. The zero-order valence-electron chi connectivity index (χ0n) is 19.9. The van der Waals surface area contributed by atoms with Crippen LogP contribution in [0.15, 0.2) is 16.9 Å². The number of hydrogen-bond acceptors (Lipinski definition) is 7. The Balaban J connectivity index is 1.87. The minimum absolute atomic E-state index is 0.0588. The normalized spacial score (nSPS) is 19.7. The number of fused-ring (bicyclic) bond motifs is 1. The van der Waals surface area contributed by atoms with Gasteiger partial charge in [0.25, 0.3) is 0 Å². The van der Waals surface area contributed by atoms with Crippen molar-refractivity contribution in [2.45, 2.75) is 46.0 Å². The number of alkyl halides is 3. The molecule has 10 nitrogen and oxygen atoms in total. The van der Waals surface area contributed by atoms with Gasteiger partial charge >= 0.3 is 12.1 Å². The average molecular weight is 504 g/mol. The van der Waals surface area contributed by atoms with Crippen LogP contribution in [0.1, 0.15) is 45.0 Å². The molecule has 2 aromatic heterocycles. The maximum absolute atomic E-state index is 13.4. The Morgan fingerprint density at radius 3 is 2.64 bits per heavy atom. The van der Waals surface area contributed by atoms with E-state index in [1.807, 2.05) is 6.07 Å². The van der Waals surface area contributed by atoms with Gasteiger partial charge in [-0.2, -0.15) is 18.4 Å². The first kappa shape index (κ1) is 26.5. The Morgan fingerprint density at radius 1 is 1.33 bits per heavy atom. The second kappa shape index (κ2) is 9.85. The van der Waals surface area contributed by atoms with E-state index >= 15 is 0 Å². The first-order valence-corrected chi connectivity index (χ1v) is 10.8. The number of carbonyl (C=O) groups excluding carboxylic acids is 3. The van der Waals surface area contributed by atoms with Crippen LogP contribution in [0.2, 0.25) is 0 Å². The predicted molar refractivity (Wildman–Crippen MR) is 118 cm³/mol. The maximum Gasteiger partial charge on any atom is 0.471 e. The van der Waals surface area contributed by atoms with Crippen LogP contribution in [0.25, 0.3) is 11.0 Å². The Kier molecular flexibility index (Phi) is 7.25. The third-order valence-corrected chi connectivity index (χ3v) is 6.25. The van der Waals surface area contributed by atoms with Crippen LogP contribution in [0.3, 0.4) is 0 Å². The van der Waals surface area contributed by atoms with Crippen LogP contribution in [0.5, 0.6) is 0 Å². The zero-order chi connectivity index (χ0) is 26.8. The number of nitriles is 1. The molecular formula is C23H23F3N6O4. The number of carbonyl (C=O) groups is 3. The summed E-state index contributed by atoms with van der Waals surface area (Å²) in [7, 11) is 0. The lowest BCUT2D eigenvalue weighted by Gasteiger charge is -2.27. The standard InChI is InChI=1S/C23H23F3N6O4/c1-5-6-14-18-13(8-28-9-16(18)36-31-14)15(7-27)30-20(34)19-12(2)22(3,4)11-32(19)17(33)10-29-21(35)23(24,25)26/h8-9,12,15,19H,10-11H2,1-4H3,(H,29,35)(H,30,34)/t12-,15?,19-/m0/s1. The smallest absolute Gasteiger partial charge is 0.353 e. The van der Waals surface area contributed by atoms with E-state index in [1.165, 1.54) is 17.7 Å². The van der Waals surface area contributed by atoms with Crippen molar-refractivity contribution in [3.63, 3.8) is 0 Å². The number of pyridine rings is 1. The molecule has 3 amide bonds. The van der Waals surface area contributed by atoms with Gasteiger partial charge in [-0.1, -0.05) is 31.8 Å². The summed E-state index contributed by atoms with van der Waals surface area (Å²) in [5.41, 5.74) is 0.218. The third-order valence-electron chi connectivity index (χ3n) is 6.25. The summed E-state index contributed by atoms with van der Waals surface area (Å²) >= 11 is 0. The van der Waals surface area contributed by atoms with Crippen LogP contribution in [0, 0.1) is 34.5 Å². The molecule has 0 saturated carbocycles. The largest absolute Gasteiger partial charge is 0.471 e. The molecule has 36 heavy (non-hydrogen) atoms. The summed E-state index contributed by atoms with van der Waals surface area (Å²) in [4.78, 5) is 42.4. The van der Waals surface area contributed by atoms with Crippen LogP contribution in [-0.4, -0.2) is 58.1 Å². The molecule has 3 heterocycles. The molecule has 0 radical (unpaired) electrons. The van der Waals surface area contributed by atoms with Crippen molar-refractivity contribution in [3.05, 3.63) is 23.7 Å². The highest BCUT2D eigenvalue weighted by Gasteiger charge is 2.50. The fraction of sp³-hybridized carbons (Fsp3) is 0.478. The highest BCUT2D eigenvalue weighted by Crippen LogP contribution is 2.40. The first-order chi connectivity index (χ1) is 16.8. The molecule has 1 aliphatic rings. The second-order valence-corrected chi connectivity index (χ2v) is 9.00. The minimum Gasteiger partial charge on any atom is -0.353 e. The van der Waals surface area contributed by atoms with Gasteiger partial charge in [0.05, 0.1) is 24.2 Å². The summed E-state index contributed by atoms with van der Waals surface area (Å²) in [5.74, 6) is 1.22. The first-order valence-electron chi connectivity index (χ1n) is 10.8. The Bertz CT molecular complexity index is 1300. The lowest BCUT2D eigenvalue weighted by atomic mass is 9.80. The van der Waals surface area contributed by atoms with Crippen molar-refractivity contribution in [1.29, 1.82) is 5.26 Å². The molecule has 0 bridgehead atoms. The topological polar surface area (TPSA) is 141 Å². The fourth-order valence-electron chi connectivity index (χ4n) is 4.10. The Morgan fingerprint density at radius 2 is 2.03 bits per heavy atom. The monoisotopic (exact) mass is 504 g/mol. The van der Waals surface area contributed by atoms with E-state index in [-0.39, 0.29) is 23.4 Å². The molecule has 0 aliphatic carbocycles. The molecule has 190 valence electrons. The SMILES string of the molecule is CC#Cc1noc2cncc(C(C#N)NC(=O)[C@@H]3[C@H](C)C(C)(C)CN3C(=O)CNC(=O)C(F)(F)F)c12. The van der Waals surface area contributed by atoms with E-state index < -0.39 is 53.9 Å². The number of likely N-dealkylation sites (tertiary alicyclic amines) is 1. The van der Waals surface area contributed by atoms with Crippen molar-refractivity contribution < 1.29 is 32.1 Å². The molecule has 0 aromatic carbocycles. The number of nitrogens with zero attached hydrogens (tertiary/aromatic N) is 4. The van der Waals surface area contributed by atoms with E-state index in [9.17, 15) is 32.8 Å². The van der Waals surface area contributed by atoms with Gasteiger partial charge in [0, 0.05) is 18.3 Å². The van der Waals surface area contributed by atoms with E-state index in [0.717, 1.165) is 4.90 Å². The van der Waals surface area contributed by atoms with Crippen LogP contribution in [-0.2, 0) is 14.4 Å². The number of aromatic nitrogens is 2. The number of halogens is 3.